The van der Waals surface area contributed by atoms with Crippen LogP contribution in [0.1, 0.15) is 5.69 Å². The molecule has 1 fully saturated rings. The van der Waals surface area contributed by atoms with Gasteiger partial charge in [-0.2, -0.15) is 0 Å². The molecule has 75 valence electrons. The first kappa shape index (κ1) is 11.5. The molecule has 0 unspecified atom stereocenters. The maximum atomic E-state index is 4.38. The van der Waals surface area contributed by atoms with Crippen molar-refractivity contribution in [1.29, 1.82) is 0 Å². The number of rotatable bonds is 1. The third-order valence-corrected chi connectivity index (χ3v) is 2.18. The van der Waals surface area contributed by atoms with Crippen molar-refractivity contribution in [2.45, 2.75) is 6.92 Å². The van der Waals surface area contributed by atoms with Gasteiger partial charge in [-0.05, 0) is 13.0 Å². The molecule has 0 aliphatic carbocycles. The van der Waals surface area contributed by atoms with Crippen LogP contribution in [0.5, 0.6) is 0 Å². The molecule has 4 nitrogen and oxygen atoms in total. The van der Waals surface area contributed by atoms with Crippen molar-refractivity contribution in [2.24, 2.45) is 0 Å². The number of hydrogen-bond donors (Lipinski definition) is 1. The molecule has 1 aromatic rings. The van der Waals surface area contributed by atoms with Gasteiger partial charge in [0, 0.05) is 56.6 Å². The monoisotopic (exact) mass is 229 g/mol. The van der Waals surface area contributed by atoms with Gasteiger partial charge < -0.3 is 10.2 Å². The SMILES string of the molecule is Cc1ccnc(N2CCNCC2)n1.[V]. The molecule has 1 aliphatic heterocycles. The number of nitrogens with zero attached hydrogens (tertiary/aromatic N) is 3. The Labute approximate surface area is 96.0 Å². The Hall–Kier alpha value is -0.576. The molecule has 1 saturated heterocycles. The van der Waals surface area contributed by atoms with E-state index in [1.165, 1.54) is 0 Å². The van der Waals surface area contributed by atoms with Gasteiger partial charge in [0.25, 0.3) is 0 Å². The summed E-state index contributed by atoms with van der Waals surface area (Å²) in [5, 5.41) is 3.30. The molecule has 1 radical (unpaired) electrons. The summed E-state index contributed by atoms with van der Waals surface area (Å²) in [4.78, 5) is 10.8. The molecule has 0 bridgehead atoms. The number of nitrogens with one attached hydrogen (secondary N) is 1. The number of anilines is 1. The first-order chi connectivity index (χ1) is 6.36. The zero-order valence-corrected chi connectivity index (χ0v) is 9.67. The Kier molecular flexibility index (Phi) is 4.39. The van der Waals surface area contributed by atoms with Crippen LogP contribution in [0.25, 0.3) is 0 Å². The van der Waals surface area contributed by atoms with Gasteiger partial charge in [0.2, 0.25) is 5.95 Å². The average molecular weight is 229 g/mol. The van der Waals surface area contributed by atoms with Gasteiger partial charge in [0.05, 0.1) is 0 Å². The Balaban J connectivity index is 0.000000980. The van der Waals surface area contributed by atoms with Gasteiger partial charge in [-0.1, -0.05) is 0 Å². The molecular weight excluding hydrogens is 215 g/mol. The van der Waals surface area contributed by atoms with Crippen molar-refractivity contribution < 1.29 is 18.6 Å². The second kappa shape index (κ2) is 5.34. The molecule has 0 saturated carbocycles. The zero-order chi connectivity index (χ0) is 9.10. The van der Waals surface area contributed by atoms with Crippen LogP contribution in [0, 0.1) is 6.92 Å². The van der Waals surface area contributed by atoms with Crippen molar-refractivity contribution in [3.05, 3.63) is 18.0 Å². The van der Waals surface area contributed by atoms with E-state index in [0.29, 0.717) is 0 Å². The van der Waals surface area contributed by atoms with Crippen LogP contribution >= 0.6 is 0 Å². The Morgan fingerprint density at radius 1 is 1.36 bits per heavy atom. The van der Waals surface area contributed by atoms with E-state index < -0.39 is 0 Å². The van der Waals surface area contributed by atoms with E-state index in [9.17, 15) is 0 Å². The molecule has 1 aliphatic rings. The first-order valence-corrected chi connectivity index (χ1v) is 4.61. The summed E-state index contributed by atoms with van der Waals surface area (Å²) in [6.07, 6.45) is 1.82. The fourth-order valence-corrected chi connectivity index (χ4v) is 1.45. The topological polar surface area (TPSA) is 41.1 Å². The van der Waals surface area contributed by atoms with E-state index in [1.807, 2.05) is 19.2 Å². The van der Waals surface area contributed by atoms with Crippen LogP contribution in [0.4, 0.5) is 5.95 Å². The number of piperazine rings is 1. The molecule has 2 heterocycles. The molecule has 14 heavy (non-hydrogen) atoms. The molecule has 0 aromatic carbocycles. The van der Waals surface area contributed by atoms with E-state index in [1.54, 1.807) is 0 Å². The predicted molar refractivity (Wildman–Crippen MR) is 51.9 cm³/mol. The van der Waals surface area contributed by atoms with E-state index in [0.717, 1.165) is 37.8 Å². The van der Waals surface area contributed by atoms with Gasteiger partial charge in [0.1, 0.15) is 0 Å². The van der Waals surface area contributed by atoms with Gasteiger partial charge >= 0.3 is 0 Å². The van der Waals surface area contributed by atoms with Crippen LogP contribution in [-0.4, -0.2) is 36.1 Å². The molecule has 0 spiro atoms. The summed E-state index contributed by atoms with van der Waals surface area (Å²) in [6.45, 7) is 6.05. The van der Waals surface area contributed by atoms with Crippen molar-refractivity contribution in [2.75, 3.05) is 31.1 Å². The Bertz CT molecular complexity index is 286. The predicted octanol–water partition coefficient (Wildman–Crippen LogP) is 0.192. The minimum atomic E-state index is 0. The van der Waals surface area contributed by atoms with Gasteiger partial charge in [-0.15, -0.1) is 0 Å². The quantitative estimate of drug-likeness (QED) is 0.746. The smallest absolute Gasteiger partial charge is 0.225 e. The Morgan fingerprint density at radius 2 is 2.07 bits per heavy atom. The standard InChI is InChI=1S/C9H14N4.V/c1-8-2-3-11-9(12-8)13-6-4-10-5-7-13;/h2-3,10H,4-7H2,1H3;. The summed E-state index contributed by atoms with van der Waals surface area (Å²) < 4.78 is 0. The van der Waals surface area contributed by atoms with Crippen molar-refractivity contribution in [1.82, 2.24) is 15.3 Å². The van der Waals surface area contributed by atoms with Crippen molar-refractivity contribution in [3.8, 4) is 0 Å². The van der Waals surface area contributed by atoms with E-state index in [2.05, 4.69) is 20.2 Å². The van der Waals surface area contributed by atoms with E-state index in [-0.39, 0.29) is 18.6 Å². The zero-order valence-electron chi connectivity index (χ0n) is 8.27. The summed E-state index contributed by atoms with van der Waals surface area (Å²) in [5.41, 5.74) is 1.03. The average Bonchev–Trinajstić information content (AvgIpc) is 2.19. The second-order valence-electron chi connectivity index (χ2n) is 3.24. The summed E-state index contributed by atoms with van der Waals surface area (Å²) in [7, 11) is 0. The van der Waals surface area contributed by atoms with Gasteiger partial charge in [-0.25, -0.2) is 9.97 Å². The minimum Gasteiger partial charge on any atom is -0.338 e. The molecular formula is C9H14N4V. The summed E-state index contributed by atoms with van der Waals surface area (Å²) in [5.74, 6) is 0.863. The largest absolute Gasteiger partial charge is 0.338 e. The Morgan fingerprint density at radius 3 is 2.71 bits per heavy atom. The molecule has 1 N–H and O–H groups in total. The van der Waals surface area contributed by atoms with Crippen LogP contribution < -0.4 is 10.2 Å². The molecule has 0 atom stereocenters. The fraction of sp³-hybridized carbons (Fsp3) is 0.556. The van der Waals surface area contributed by atoms with Crippen LogP contribution in [0.2, 0.25) is 0 Å². The van der Waals surface area contributed by atoms with Crippen LogP contribution in [0.3, 0.4) is 0 Å². The van der Waals surface area contributed by atoms with Gasteiger partial charge in [-0.3, -0.25) is 0 Å². The second-order valence-corrected chi connectivity index (χ2v) is 3.24. The van der Waals surface area contributed by atoms with E-state index in [4.69, 9.17) is 0 Å². The number of aryl methyl sites for hydroxylation is 1. The maximum absolute atomic E-state index is 4.38. The van der Waals surface area contributed by atoms with Crippen molar-refractivity contribution in [3.63, 3.8) is 0 Å². The van der Waals surface area contributed by atoms with Crippen molar-refractivity contribution >= 4 is 5.95 Å². The first-order valence-electron chi connectivity index (χ1n) is 4.61. The normalized spacial score (nSPS) is 16.2. The minimum absolute atomic E-state index is 0. The number of hydrogen-bond acceptors (Lipinski definition) is 4. The van der Waals surface area contributed by atoms with Crippen LogP contribution in [0.15, 0.2) is 12.3 Å². The number of aromatic nitrogens is 2. The molecule has 5 heteroatoms. The molecule has 2 rings (SSSR count). The summed E-state index contributed by atoms with van der Waals surface area (Å²) >= 11 is 0. The maximum Gasteiger partial charge on any atom is 0.225 e. The molecule has 0 amide bonds. The van der Waals surface area contributed by atoms with Gasteiger partial charge in [0.15, 0.2) is 0 Å². The third-order valence-electron chi connectivity index (χ3n) is 2.18. The summed E-state index contributed by atoms with van der Waals surface area (Å²) in [6, 6.07) is 1.92. The third kappa shape index (κ3) is 2.70. The fourth-order valence-electron chi connectivity index (χ4n) is 1.45. The van der Waals surface area contributed by atoms with E-state index >= 15 is 0 Å². The van der Waals surface area contributed by atoms with Crippen LogP contribution in [-0.2, 0) is 18.6 Å². The molecule has 1 aromatic heterocycles.